The Balaban J connectivity index is 1.65. The van der Waals surface area contributed by atoms with Crippen LogP contribution in [0.3, 0.4) is 0 Å². The van der Waals surface area contributed by atoms with Gasteiger partial charge in [0.1, 0.15) is 12.2 Å². The first kappa shape index (κ1) is 16.5. The van der Waals surface area contributed by atoms with Gasteiger partial charge in [-0.15, -0.1) is 10.2 Å². The van der Waals surface area contributed by atoms with E-state index >= 15 is 0 Å². The molecule has 6 heteroatoms. The van der Waals surface area contributed by atoms with Gasteiger partial charge in [-0.2, -0.15) is 0 Å². The minimum Gasteiger partial charge on any atom is -0.356 e. The molecule has 1 aliphatic carbocycles. The lowest BCUT2D eigenvalue weighted by Gasteiger charge is -2.15. The van der Waals surface area contributed by atoms with Gasteiger partial charge in [0.15, 0.2) is 5.96 Å². The molecule has 122 valence electrons. The van der Waals surface area contributed by atoms with Crippen molar-refractivity contribution in [1.29, 1.82) is 0 Å². The predicted molar refractivity (Wildman–Crippen MR) is 89.9 cm³/mol. The predicted octanol–water partition coefficient (Wildman–Crippen LogP) is 1.90. The molecule has 0 radical (unpaired) electrons. The van der Waals surface area contributed by atoms with Crippen LogP contribution in [-0.2, 0) is 13.0 Å². The van der Waals surface area contributed by atoms with E-state index in [1.807, 2.05) is 7.05 Å². The van der Waals surface area contributed by atoms with Crippen molar-refractivity contribution in [2.45, 2.75) is 52.0 Å². The number of aryl methyl sites for hydroxylation is 1. The highest BCUT2D eigenvalue weighted by atomic mass is 15.3. The summed E-state index contributed by atoms with van der Waals surface area (Å²) in [6, 6.07) is 0. The number of hydrogen-bond acceptors (Lipinski definition) is 3. The molecule has 0 spiro atoms. The van der Waals surface area contributed by atoms with E-state index in [0.717, 1.165) is 44.3 Å². The molecule has 2 N–H and O–H groups in total. The average molecular weight is 304 g/mol. The van der Waals surface area contributed by atoms with Gasteiger partial charge in [-0.3, -0.25) is 4.99 Å². The second kappa shape index (κ2) is 9.23. The van der Waals surface area contributed by atoms with Crippen molar-refractivity contribution in [2.75, 3.05) is 20.1 Å². The van der Waals surface area contributed by atoms with E-state index in [1.54, 1.807) is 11.9 Å². The molecule has 0 saturated carbocycles. The molecule has 0 unspecified atom stereocenters. The van der Waals surface area contributed by atoms with Gasteiger partial charge < -0.3 is 15.2 Å². The van der Waals surface area contributed by atoms with Gasteiger partial charge in [-0.05, 0) is 32.1 Å². The quantitative estimate of drug-likeness (QED) is 0.459. The Labute approximate surface area is 133 Å². The average Bonchev–Trinajstić information content (AvgIpc) is 3.02. The van der Waals surface area contributed by atoms with E-state index in [0.29, 0.717) is 0 Å². The first-order chi connectivity index (χ1) is 10.8. The summed E-state index contributed by atoms with van der Waals surface area (Å²) in [6.45, 7) is 4.70. The lowest BCUT2D eigenvalue weighted by molar-refractivity contribution is 0.629. The summed E-state index contributed by atoms with van der Waals surface area (Å²) in [5.74, 6) is 1.89. The topological polar surface area (TPSA) is 67.1 Å². The van der Waals surface area contributed by atoms with E-state index in [1.165, 1.54) is 25.7 Å². The number of nitrogens with zero attached hydrogens (tertiary/aromatic N) is 4. The van der Waals surface area contributed by atoms with E-state index < -0.39 is 0 Å². The van der Waals surface area contributed by atoms with Crippen LogP contribution in [-0.4, -0.2) is 40.9 Å². The maximum atomic E-state index is 4.27. The van der Waals surface area contributed by atoms with Crippen LogP contribution in [0.15, 0.2) is 23.0 Å². The maximum Gasteiger partial charge on any atom is 0.191 e. The molecular formula is C16H28N6. The van der Waals surface area contributed by atoms with Gasteiger partial charge in [-0.1, -0.05) is 18.6 Å². The summed E-state index contributed by atoms with van der Waals surface area (Å²) in [5.41, 5.74) is 1.59. The van der Waals surface area contributed by atoms with E-state index in [-0.39, 0.29) is 0 Å². The fourth-order valence-electron chi connectivity index (χ4n) is 2.73. The van der Waals surface area contributed by atoms with Crippen LogP contribution < -0.4 is 10.6 Å². The summed E-state index contributed by atoms with van der Waals surface area (Å²) in [6.07, 6.45) is 11.4. The monoisotopic (exact) mass is 304 g/mol. The highest BCUT2D eigenvalue weighted by Crippen LogP contribution is 2.19. The fraction of sp³-hybridized carbons (Fsp3) is 0.688. The van der Waals surface area contributed by atoms with Crippen LogP contribution in [0.5, 0.6) is 0 Å². The van der Waals surface area contributed by atoms with Crippen molar-refractivity contribution in [3.8, 4) is 0 Å². The Bertz CT molecular complexity index is 502. The summed E-state index contributed by atoms with van der Waals surface area (Å²) >= 11 is 0. The molecule has 1 aromatic rings. The summed E-state index contributed by atoms with van der Waals surface area (Å²) < 4.78 is 2.08. The van der Waals surface area contributed by atoms with Crippen molar-refractivity contribution in [2.24, 2.45) is 4.99 Å². The van der Waals surface area contributed by atoms with Crippen LogP contribution in [0.2, 0.25) is 0 Å². The number of allylic oxidation sites excluding steroid dienone is 1. The largest absolute Gasteiger partial charge is 0.356 e. The lowest BCUT2D eigenvalue weighted by Crippen LogP contribution is -2.39. The third kappa shape index (κ3) is 5.16. The van der Waals surface area contributed by atoms with E-state index in [9.17, 15) is 0 Å². The van der Waals surface area contributed by atoms with Gasteiger partial charge in [0, 0.05) is 33.1 Å². The second-order valence-corrected chi connectivity index (χ2v) is 5.58. The van der Waals surface area contributed by atoms with Crippen LogP contribution in [0.25, 0.3) is 0 Å². The first-order valence-electron chi connectivity index (χ1n) is 8.32. The highest BCUT2D eigenvalue weighted by molar-refractivity contribution is 5.79. The molecule has 2 rings (SSSR count). The molecular weight excluding hydrogens is 276 g/mol. The molecule has 0 amide bonds. The molecule has 0 saturated heterocycles. The Morgan fingerprint density at radius 1 is 1.32 bits per heavy atom. The maximum absolute atomic E-state index is 4.27. The number of aromatic nitrogens is 3. The van der Waals surface area contributed by atoms with Crippen LogP contribution in [0.4, 0.5) is 0 Å². The molecule has 0 aliphatic heterocycles. The van der Waals surface area contributed by atoms with E-state index in [2.05, 4.69) is 43.4 Å². The molecule has 6 nitrogen and oxygen atoms in total. The molecule has 0 fully saturated rings. The fourth-order valence-corrected chi connectivity index (χ4v) is 2.73. The van der Waals surface area contributed by atoms with Crippen molar-refractivity contribution in [3.63, 3.8) is 0 Å². The molecule has 1 heterocycles. The third-order valence-electron chi connectivity index (χ3n) is 4.00. The van der Waals surface area contributed by atoms with Crippen molar-refractivity contribution < 1.29 is 0 Å². The zero-order chi connectivity index (χ0) is 15.6. The first-order valence-corrected chi connectivity index (χ1v) is 8.32. The molecule has 22 heavy (non-hydrogen) atoms. The lowest BCUT2D eigenvalue weighted by atomic mass is 9.97. The number of rotatable bonds is 7. The van der Waals surface area contributed by atoms with Gasteiger partial charge in [0.05, 0.1) is 0 Å². The minimum absolute atomic E-state index is 0.813. The zero-order valence-electron chi connectivity index (χ0n) is 13.8. The summed E-state index contributed by atoms with van der Waals surface area (Å²) in [4.78, 5) is 4.27. The summed E-state index contributed by atoms with van der Waals surface area (Å²) in [5, 5.41) is 14.8. The van der Waals surface area contributed by atoms with Crippen LogP contribution in [0, 0.1) is 0 Å². The number of hydrogen-bond donors (Lipinski definition) is 2. The molecule has 0 bridgehead atoms. The number of nitrogens with one attached hydrogen (secondary N) is 2. The Hall–Kier alpha value is -1.85. The SMILES string of the molecule is CCc1nncn1CCNC(=NC)NCCC1=CCCCC1. The summed E-state index contributed by atoms with van der Waals surface area (Å²) in [7, 11) is 1.81. The molecule has 0 aromatic carbocycles. The number of aliphatic imine (C=N–C) groups is 1. The number of guanidine groups is 1. The normalized spacial score (nSPS) is 15.5. The zero-order valence-corrected chi connectivity index (χ0v) is 13.8. The van der Waals surface area contributed by atoms with Crippen molar-refractivity contribution >= 4 is 5.96 Å². The van der Waals surface area contributed by atoms with Gasteiger partial charge >= 0.3 is 0 Å². The highest BCUT2D eigenvalue weighted by Gasteiger charge is 2.05. The van der Waals surface area contributed by atoms with Crippen LogP contribution >= 0.6 is 0 Å². The van der Waals surface area contributed by atoms with Gasteiger partial charge in [0.25, 0.3) is 0 Å². The van der Waals surface area contributed by atoms with Crippen LogP contribution in [0.1, 0.15) is 44.9 Å². The Morgan fingerprint density at radius 3 is 2.91 bits per heavy atom. The van der Waals surface area contributed by atoms with Crippen molar-refractivity contribution in [1.82, 2.24) is 25.4 Å². The molecule has 0 atom stereocenters. The second-order valence-electron chi connectivity index (χ2n) is 5.58. The smallest absolute Gasteiger partial charge is 0.191 e. The Kier molecular flexibility index (Phi) is 6.93. The van der Waals surface area contributed by atoms with E-state index in [4.69, 9.17) is 0 Å². The van der Waals surface area contributed by atoms with Gasteiger partial charge in [0.2, 0.25) is 0 Å². The standard InChI is InChI=1S/C16H28N6/c1-3-15-21-20-13-22(15)12-11-19-16(17-2)18-10-9-14-7-5-4-6-8-14/h7,13H,3-6,8-12H2,1-2H3,(H2,17,18,19). The molecule has 1 aliphatic rings. The van der Waals surface area contributed by atoms with Gasteiger partial charge in [-0.25, -0.2) is 0 Å². The van der Waals surface area contributed by atoms with Crippen molar-refractivity contribution in [3.05, 3.63) is 23.8 Å². The third-order valence-corrected chi connectivity index (χ3v) is 4.00. The minimum atomic E-state index is 0.813. The molecule has 1 aromatic heterocycles. The Morgan fingerprint density at radius 2 is 2.18 bits per heavy atom.